The molecular formula is C15H18F2N2O2. The SMILES string of the molecule is CC(C)(C)C1NC(=O)CCN(c2ccc(F)c(F)c2)C1=O. The first-order chi connectivity index (χ1) is 9.70. The van der Waals surface area contributed by atoms with Crippen LogP contribution in [0.25, 0.3) is 0 Å². The van der Waals surface area contributed by atoms with Crippen molar-refractivity contribution in [2.75, 3.05) is 11.4 Å². The predicted molar refractivity (Wildman–Crippen MR) is 74.7 cm³/mol. The summed E-state index contributed by atoms with van der Waals surface area (Å²) in [6, 6.07) is 2.58. The fourth-order valence-corrected chi connectivity index (χ4v) is 2.27. The van der Waals surface area contributed by atoms with Crippen LogP contribution in [0, 0.1) is 17.0 Å². The molecule has 1 unspecified atom stereocenters. The van der Waals surface area contributed by atoms with Gasteiger partial charge in [-0.1, -0.05) is 20.8 Å². The molecule has 0 saturated carbocycles. The van der Waals surface area contributed by atoms with Crippen molar-refractivity contribution in [2.45, 2.75) is 33.2 Å². The van der Waals surface area contributed by atoms with E-state index in [9.17, 15) is 18.4 Å². The second-order valence-corrected chi connectivity index (χ2v) is 6.20. The topological polar surface area (TPSA) is 49.4 Å². The lowest BCUT2D eigenvalue weighted by Crippen LogP contribution is -2.52. The summed E-state index contributed by atoms with van der Waals surface area (Å²) in [4.78, 5) is 25.7. The molecule has 1 fully saturated rings. The monoisotopic (exact) mass is 296 g/mol. The zero-order valence-corrected chi connectivity index (χ0v) is 12.2. The van der Waals surface area contributed by atoms with E-state index in [1.54, 1.807) is 0 Å². The van der Waals surface area contributed by atoms with Crippen LogP contribution in [-0.2, 0) is 9.59 Å². The van der Waals surface area contributed by atoms with Crippen molar-refractivity contribution in [1.29, 1.82) is 0 Å². The third-order valence-electron chi connectivity index (χ3n) is 3.46. The van der Waals surface area contributed by atoms with Gasteiger partial charge in [0.15, 0.2) is 11.6 Å². The van der Waals surface area contributed by atoms with Gasteiger partial charge in [-0.05, 0) is 17.5 Å². The van der Waals surface area contributed by atoms with Crippen molar-refractivity contribution >= 4 is 17.5 Å². The maximum Gasteiger partial charge on any atom is 0.250 e. The van der Waals surface area contributed by atoms with Crippen LogP contribution >= 0.6 is 0 Å². The minimum Gasteiger partial charge on any atom is -0.344 e. The fraction of sp³-hybridized carbons (Fsp3) is 0.467. The van der Waals surface area contributed by atoms with Gasteiger partial charge < -0.3 is 10.2 Å². The second kappa shape index (κ2) is 5.42. The standard InChI is InChI=1S/C15H18F2N2O2/c1-15(2,3)13-14(21)19(7-6-12(20)18-13)9-4-5-10(16)11(17)8-9/h4-5,8,13H,6-7H2,1-3H3,(H,18,20). The zero-order valence-electron chi connectivity index (χ0n) is 12.2. The molecule has 1 aromatic rings. The smallest absolute Gasteiger partial charge is 0.250 e. The molecule has 1 N–H and O–H groups in total. The van der Waals surface area contributed by atoms with Crippen LogP contribution in [0.4, 0.5) is 14.5 Å². The Morgan fingerprint density at radius 3 is 2.43 bits per heavy atom. The van der Waals surface area contributed by atoms with E-state index in [-0.39, 0.29) is 30.5 Å². The Morgan fingerprint density at radius 2 is 1.86 bits per heavy atom. The molecule has 0 radical (unpaired) electrons. The van der Waals surface area contributed by atoms with Crippen molar-refractivity contribution in [3.05, 3.63) is 29.8 Å². The van der Waals surface area contributed by atoms with Crippen LogP contribution in [0.3, 0.4) is 0 Å². The first kappa shape index (κ1) is 15.4. The van der Waals surface area contributed by atoms with E-state index < -0.39 is 23.1 Å². The summed E-state index contributed by atoms with van der Waals surface area (Å²) in [5.74, 6) is -2.54. The predicted octanol–water partition coefficient (Wildman–Crippen LogP) is 2.23. The Balaban J connectivity index is 2.39. The van der Waals surface area contributed by atoms with E-state index in [0.29, 0.717) is 0 Å². The molecule has 1 atom stereocenters. The van der Waals surface area contributed by atoms with Crippen LogP contribution < -0.4 is 10.2 Å². The number of nitrogens with zero attached hydrogens (tertiary/aromatic N) is 1. The number of rotatable bonds is 1. The fourth-order valence-electron chi connectivity index (χ4n) is 2.27. The highest BCUT2D eigenvalue weighted by Gasteiger charge is 2.38. The molecule has 1 heterocycles. The van der Waals surface area contributed by atoms with Crippen molar-refractivity contribution in [3.63, 3.8) is 0 Å². The van der Waals surface area contributed by atoms with E-state index in [4.69, 9.17) is 0 Å². The van der Waals surface area contributed by atoms with E-state index in [1.165, 1.54) is 11.0 Å². The van der Waals surface area contributed by atoms with Crippen LogP contribution in [0.1, 0.15) is 27.2 Å². The van der Waals surface area contributed by atoms with Gasteiger partial charge in [0.2, 0.25) is 11.8 Å². The molecule has 114 valence electrons. The number of carbonyl (C=O) groups excluding carboxylic acids is 2. The van der Waals surface area contributed by atoms with Gasteiger partial charge in [0, 0.05) is 24.7 Å². The highest BCUT2D eigenvalue weighted by atomic mass is 19.2. The van der Waals surface area contributed by atoms with Crippen LogP contribution in [-0.4, -0.2) is 24.4 Å². The van der Waals surface area contributed by atoms with Crippen molar-refractivity contribution in [1.82, 2.24) is 5.32 Å². The molecule has 0 spiro atoms. The molecule has 0 bridgehead atoms. The number of benzene rings is 1. The Morgan fingerprint density at radius 1 is 1.19 bits per heavy atom. The lowest BCUT2D eigenvalue weighted by atomic mass is 9.86. The lowest BCUT2D eigenvalue weighted by molar-refractivity contribution is -0.127. The summed E-state index contributed by atoms with van der Waals surface area (Å²) in [7, 11) is 0. The Bertz CT molecular complexity index is 582. The third-order valence-corrected chi connectivity index (χ3v) is 3.46. The number of nitrogens with one attached hydrogen (secondary N) is 1. The summed E-state index contributed by atoms with van der Waals surface area (Å²) in [6.07, 6.45) is 0.122. The van der Waals surface area contributed by atoms with Gasteiger partial charge in [-0.15, -0.1) is 0 Å². The van der Waals surface area contributed by atoms with Gasteiger partial charge in [0.25, 0.3) is 0 Å². The molecule has 1 aromatic carbocycles. The van der Waals surface area contributed by atoms with Gasteiger partial charge in [-0.2, -0.15) is 0 Å². The maximum atomic E-state index is 13.4. The zero-order chi connectivity index (χ0) is 15.8. The van der Waals surface area contributed by atoms with E-state index in [1.807, 2.05) is 20.8 Å². The minimum absolute atomic E-state index is 0.122. The average Bonchev–Trinajstić information content (AvgIpc) is 2.52. The van der Waals surface area contributed by atoms with E-state index in [2.05, 4.69) is 5.32 Å². The largest absolute Gasteiger partial charge is 0.344 e. The second-order valence-electron chi connectivity index (χ2n) is 6.20. The highest BCUT2D eigenvalue weighted by molar-refractivity contribution is 6.01. The normalized spacial score (nSPS) is 20.2. The number of hydrogen-bond acceptors (Lipinski definition) is 2. The molecule has 2 amide bonds. The number of amides is 2. The molecular weight excluding hydrogens is 278 g/mol. The molecule has 4 nitrogen and oxygen atoms in total. The number of halogens is 2. The van der Waals surface area contributed by atoms with Gasteiger partial charge in [-0.3, -0.25) is 9.59 Å². The van der Waals surface area contributed by atoms with Gasteiger partial charge >= 0.3 is 0 Å². The molecule has 1 aliphatic heterocycles. The minimum atomic E-state index is -1.02. The van der Waals surface area contributed by atoms with Crippen molar-refractivity contribution < 1.29 is 18.4 Å². The van der Waals surface area contributed by atoms with Crippen LogP contribution in [0.5, 0.6) is 0 Å². The number of hydrogen-bond donors (Lipinski definition) is 1. The molecule has 0 aromatic heterocycles. The number of anilines is 1. The quantitative estimate of drug-likeness (QED) is 0.864. The van der Waals surface area contributed by atoms with Crippen molar-refractivity contribution in [3.8, 4) is 0 Å². The molecule has 21 heavy (non-hydrogen) atoms. The number of carbonyl (C=O) groups is 2. The first-order valence-corrected chi connectivity index (χ1v) is 6.76. The average molecular weight is 296 g/mol. The van der Waals surface area contributed by atoms with E-state index in [0.717, 1.165) is 12.1 Å². The first-order valence-electron chi connectivity index (χ1n) is 6.76. The molecule has 2 rings (SSSR count). The molecule has 1 saturated heterocycles. The summed E-state index contributed by atoms with van der Waals surface area (Å²) in [5, 5.41) is 2.70. The highest BCUT2D eigenvalue weighted by Crippen LogP contribution is 2.26. The van der Waals surface area contributed by atoms with E-state index >= 15 is 0 Å². The van der Waals surface area contributed by atoms with Crippen LogP contribution in [0.15, 0.2) is 18.2 Å². The molecule has 0 aliphatic carbocycles. The Kier molecular flexibility index (Phi) is 3.98. The van der Waals surface area contributed by atoms with Gasteiger partial charge in [0.05, 0.1) is 0 Å². The summed E-state index contributed by atoms with van der Waals surface area (Å²) < 4.78 is 26.4. The van der Waals surface area contributed by atoms with Crippen molar-refractivity contribution in [2.24, 2.45) is 5.41 Å². The summed E-state index contributed by atoms with van der Waals surface area (Å²) >= 11 is 0. The summed E-state index contributed by atoms with van der Waals surface area (Å²) in [6.45, 7) is 5.65. The molecule has 6 heteroatoms. The summed E-state index contributed by atoms with van der Waals surface area (Å²) in [5.41, 5.74) is -0.224. The maximum absolute atomic E-state index is 13.4. The van der Waals surface area contributed by atoms with Gasteiger partial charge in [0.1, 0.15) is 6.04 Å². The Labute approximate surface area is 122 Å². The Hall–Kier alpha value is -1.98. The molecule has 1 aliphatic rings. The van der Waals surface area contributed by atoms with Crippen LogP contribution in [0.2, 0.25) is 0 Å². The van der Waals surface area contributed by atoms with Gasteiger partial charge in [-0.25, -0.2) is 8.78 Å². The lowest BCUT2D eigenvalue weighted by Gasteiger charge is -2.32. The third kappa shape index (κ3) is 3.20.